The van der Waals surface area contributed by atoms with Crippen LogP contribution >= 0.6 is 0 Å². The molecule has 12 heteroatoms. The van der Waals surface area contributed by atoms with Crippen LogP contribution in [0.4, 0.5) is 16.0 Å². The third kappa shape index (κ3) is 6.44. The van der Waals surface area contributed by atoms with Gasteiger partial charge in [-0.05, 0) is 98.5 Å². The molecular formula is C34H38FN7O3S. The van der Waals surface area contributed by atoms with E-state index < -0.39 is 27.4 Å². The number of halogens is 1. The Morgan fingerprint density at radius 1 is 0.957 bits per heavy atom. The zero-order valence-corrected chi connectivity index (χ0v) is 27.4. The summed E-state index contributed by atoms with van der Waals surface area (Å²) in [5, 5.41) is 3.15. The van der Waals surface area contributed by atoms with E-state index in [0.29, 0.717) is 36.0 Å². The fourth-order valence-electron chi connectivity index (χ4n) is 6.33. The Kier molecular flexibility index (Phi) is 8.04. The van der Waals surface area contributed by atoms with Gasteiger partial charge in [0.2, 0.25) is 5.95 Å². The van der Waals surface area contributed by atoms with Gasteiger partial charge in [-0.15, -0.1) is 0 Å². The number of aromatic nitrogens is 4. The van der Waals surface area contributed by atoms with Gasteiger partial charge >= 0.3 is 0 Å². The normalized spacial score (nSPS) is 20.9. The summed E-state index contributed by atoms with van der Waals surface area (Å²) in [7, 11) is -4.36. The third-order valence-corrected chi connectivity index (χ3v) is 9.96. The van der Waals surface area contributed by atoms with Gasteiger partial charge in [0, 0.05) is 18.3 Å². The molecule has 1 amide bonds. The fourth-order valence-corrected chi connectivity index (χ4v) is 7.27. The molecule has 2 aliphatic rings. The highest BCUT2D eigenvalue weighted by Crippen LogP contribution is 2.41. The van der Waals surface area contributed by atoms with Crippen molar-refractivity contribution in [2.75, 3.05) is 16.8 Å². The van der Waals surface area contributed by atoms with Crippen molar-refractivity contribution in [2.24, 2.45) is 5.92 Å². The predicted octanol–water partition coefficient (Wildman–Crippen LogP) is 6.04. The molecule has 2 aliphatic heterocycles. The van der Waals surface area contributed by atoms with E-state index in [2.05, 4.69) is 65.6 Å². The Bertz CT molecular complexity index is 1910. The van der Waals surface area contributed by atoms with Gasteiger partial charge in [0.05, 0.1) is 28.7 Å². The lowest BCUT2D eigenvalue weighted by molar-refractivity contribution is 0.0981. The van der Waals surface area contributed by atoms with Crippen LogP contribution in [0.25, 0.3) is 11.4 Å². The van der Waals surface area contributed by atoms with Crippen LogP contribution in [0.5, 0.6) is 0 Å². The van der Waals surface area contributed by atoms with E-state index in [9.17, 15) is 17.6 Å². The molecule has 4 aromatic heterocycles. The van der Waals surface area contributed by atoms with E-state index in [4.69, 9.17) is 9.97 Å². The van der Waals surface area contributed by atoms with Crippen LogP contribution < -0.4 is 14.9 Å². The molecule has 0 saturated carbocycles. The van der Waals surface area contributed by atoms with E-state index >= 15 is 0 Å². The second-order valence-electron chi connectivity index (χ2n) is 13.7. The zero-order valence-electron chi connectivity index (χ0n) is 26.6. The summed E-state index contributed by atoms with van der Waals surface area (Å²) in [6.45, 7) is 11.2. The summed E-state index contributed by atoms with van der Waals surface area (Å²) < 4.78 is 43.3. The van der Waals surface area contributed by atoms with E-state index in [0.717, 1.165) is 24.1 Å². The Morgan fingerprint density at radius 2 is 1.72 bits per heavy atom. The number of hydrogen-bond acceptors (Lipinski definition) is 9. The largest absolute Gasteiger partial charge is 0.362 e. The highest BCUT2D eigenvalue weighted by molar-refractivity contribution is 7.90. The van der Waals surface area contributed by atoms with Gasteiger partial charge in [0.25, 0.3) is 15.9 Å². The molecule has 1 saturated heterocycles. The summed E-state index contributed by atoms with van der Waals surface area (Å²) in [5.74, 6) is -0.583. The van der Waals surface area contributed by atoms with Crippen molar-refractivity contribution in [1.82, 2.24) is 24.7 Å². The van der Waals surface area contributed by atoms with Gasteiger partial charge < -0.3 is 10.2 Å². The molecule has 46 heavy (non-hydrogen) atoms. The lowest BCUT2D eigenvalue weighted by Gasteiger charge is -2.34. The summed E-state index contributed by atoms with van der Waals surface area (Å²) in [5.41, 5.74) is 2.24. The lowest BCUT2D eigenvalue weighted by Crippen LogP contribution is -2.41. The Morgan fingerprint density at radius 3 is 2.48 bits per heavy atom. The molecule has 0 radical (unpaired) electrons. The van der Waals surface area contributed by atoms with E-state index in [-0.39, 0.29) is 28.0 Å². The summed E-state index contributed by atoms with van der Waals surface area (Å²) in [4.78, 5) is 33.7. The van der Waals surface area contributed by atoms with Crippen molar-refractivity contribution < 1.29 is 17.6 Å². The monoisotopic (exact) mass is 643 g/mol. The Balaban J connectivity index is 1.46. The molecule has 2 N–H and O–H groups in total. The highest BCUT2D eigenvalue weighted by atomic mass is 32.2. The smallest absolute Gasteiger partial charge is 0.281 e. The van der Waals surface area contributed by atoms with Crippen LogP contribution in [-0.2, 0) is 15.4 Å². The number of pyridine rings is 4. The molecule has 0 aromatic carbocycles. The molecule has 6 rings (SSSR count). The molecule has 0 aliphatic carbocycles. The minimum absolute atomic E-state index is 0.0851. The van der Waals surface area contributed by atoms with Gasteiger partial charge in [-0.25, -0.2) is 19.7 Å². The van der Waals surface area contributed by atoms with E-state index in [1.54, 1.807) is 30.3 Å². The first-order valence-corrected chi connectivity index (χ1v) is 16.9. The van der Waals surface area contributed by atoms with Crippen LogP contribution in [0.2, 0.25) is 0 Å². The maximum Gasteiger partial charge on any atom is 0.281 e. The lowest BCUT2D eigenvalue weighted by atomic mass is 9.86. The van der Waals surface area contributed by atoms with Gasteiger partial charge in [-0.1, -0.05) is 32.9 Å². The molecule has 10 nitrogen and oxygen atoms in total. The highest BCUT2D eigenvalue weighted by Gasteiger charge is 2.41. The number of anilines is 2. The van der Waals surface area contributed by atoms with Crippen molar-refractivity contribution in [1.29, 1.82) is 0 Å². The standard InChI is InChI=1S/C34H38FN7O3S/c1-33(2,3)22-16-17-36-27(18-22)26-14-12-21-19-34(4,5)42(20-21)31-23(13-15-25(39-31)24-8-6-9-28(35)37-24)32(43)41-46(44,45)30-11-7-10-29(38-26)40-30/h6-11,13,15-18,21,26H,12,14,19-20H2,1-5H3,(H,38,40)(H,41,43)/t21-,26+/m0/s1. The minimum Gasteiger partial charge on any atom is -0.362 e. The second kappa shape index (κ2) is 11.7. The molecule has 240 valence electrons. The molecule has 0 spiro atoms. The zero-order chi connectivity index (χ0) is 32.9. The van der Waals surface area contributed by atoms with Crippen molar-refractivity contribution in [2.45, 2.75) is 75.9 Å². The number of rotatable bonds is 2. The predicted molar refractivity (Wildman–Crippen MR) is 174 cm³/mol. The van der Waals surface area contributed by atoms with Crippen molar-refractivity contribution >= 4 is 27.6 Å². The molecule has 4 aromatic rings. The van der Waals surface area contributed by atoms with Crippen molar-refractivity contribution in [3.63, 3.8) is 0 Å². The van der Waals surface area contributed by atoms with Gasteiger partial charge in [-0.2, -0.15) is 12.8 Å². The number of amides is 1. The third-order valence-electron chi connectivity index (χ3n) is 8.73. The molecule has 2 atom stereocenters. The molecular weight excluding hydrogens is 605 g/mol. The topological polar surface area (TPSA) is 130 Å². The fraction of sp³-hybridized carbons (Fsp3) is 0.382. The molecule has 0 unspecified atom stereocenters. The average Bonchev–Trinajstić information content (AvgIpc) is 3.31. The number of carbonyl (C=O) groups is 1. The summed E-state index contributed by atoms with van der Waals surface area (Å²) >= 11 is 0. The van der Waals surface area contributed by atoms with E-state index in [1.165, 1.54) is 18.2 Å². The maximum absolute atomic E-state index is 14.0. The first-order chi connectivity index (χ1) is 21.7. The average molecular weight is 644 g/mol. The second-order valence-corrected chi connectivity index (χ2v) is 15.3. The van der Waals surface area contributed by atoms with Crippen LogP contribution in [-0.4, -0.2) is 46.3 Å². The van der Waals surface area contributed by atoms with Crippen molar-refractivity contribution in [3.8, 4) is 11.4 Å². The van der Waals surface area contributed by atoms with Crippen LogP contribution in [0.15, 0.2) is 71.9 Å². The number of hydrogen-bond donors (Lipinski definition) is 2. The van der Waals surface area contributed by atoms with Crippen LogP contribution in [0, 0.1) is 11.9 Å². The number of nitrogens with one attached hydrogen (secondary N) is 2. The maximum atomic E-state index is 14.0. The van der Waals surface area contributed by atoms with Crippen LogP contribution in [0.3, 0.4) is 0 Å². The molecule has 4 bridgehead atoms. The Labute approximate surface area is 269 Å². The van der Waals surface area contributed by atoms with E-state index in [1.807, 2.05) is 12.3 Å². The van der Waals surface area contributed by atoms with Gasteiger partial charge in [-0.3, -0.25) is 9.78 Å². The number of nitrogens with zero attached hydrogens (tertiary/aromatic N) is 5. The quantitative estimate of drug-likeness (QED) is 0.251. The van der Waals surface area contributed by atoms with Crippen molar-refractivity contribution in [3.05, 3.63) is 89.6 Å². The Hall–Kier alpha value is -4.45. The molecule has 1 fully saturated rings. The molecule has 6 heterocycles. The number of sulfonamides is 1. The van der Waals surface area contributed by atoms with Crippen LogP contribution in [0.1, 0.15) is 81.5 Å². The first-order valence-electron chi connectivity index (χ1n) is 15.4. The number of fused-ring (bicyclic) bond motifs is 6. The summed E-state index contributed by atoms with van der Waals surface area (Å²) in [6, 6.07) is 16.0. The minimum atomic E-state index is -4.36. The number of carbonyl (C=O) groups excluding carboxylic acids is 1. The van der Waals surface area contributed by atoms with Gasteiger partial charge in [0.1, 0.15) is 11.6 Å². The van der Waals surface area contributed by atoms with Gasteiger partial charge in [0.15, 0.2) is 5.03 Å². The first kappa shape index (κ1) is 31.5. The SMILES string of the molecule is CC(C)(C)c1ccnc([C@H]2CC[C@@H]3CN(c4nc(-c5cccc(F)n5)ccc4C(=O)NS(=O)(=O)c4cccc(n4)N2)C(C)(C)C3)c1. The summed E-state index contributed by atoms with van der Waals surface area (Å²) in [6.07, 6.45) is 4.15.